The van der Waals surface area contributed by atoms with Gasteiger partial charge in [0.25, 0.3) is 0 Å². The predicted molar refractivity (Wildman–Crippen MR) is 175 cm³/mol. The normalized spacial score (nSPS) is 13.3. The maximum Gasteiger partial charge on any atom is 0.248 e. The lowest BCUT2D eigenvalue weighted by atomic mass is 10.0. The van der Waals surface area contributed by atoms with Crippen LogP contribution in [0.2, 0.25) is 0 Å². The Morgan fingerprint density at radius 3 is 1.80 bits per heavy atom. The van der Waals surface area contributed by atoms with Gasteiger partial charge in [0.05, 0.1) is 6.04 Å². The summed E-state index contributed by atoms with van der Waals surface area (Å²) >= 11 is 0. The second-order valence-corrected chi connectivity index (χ2v) is 10.9. The van der Waals surface area contributed by atoms with Gasteiger partial charge in [0.2, 0.25) is 29.5 Å². The molecule has 4 atom stereocenters. The number of benzene rings is 2. The quantitative estimate of drug-likeness (QED) is 0.0440. The minimum absolute atomic E-state index is 0.0994. The van der Waals surface area contributed by atoms with Gasteiger partial charge in [-0.3, -0.25) is 29.0 Å². The molecule has 2 aromatic rings. The third-order valence-corrected chi connectivity index (χ3v) is 7.13. The fourth-order valence-corrected chi connectivity index (χ4v) is 4.58. The first-order valence-corrected chi connectivity index (χ1v) is 15.0. The summed E-state index contributed by atoms with van der Waals surface area (Å²) in [7, 11) is 0. The van der Waals surface area contributed by atoms with Crippen LogP contribution < -0.4 is 50.4 Å². The molecule has 15 N–H and O–H groups in total. The molecule has 2 rings (SSSR count). The van der Waals surface area contributed by atoms with Crippen molar-refractivity contribution < 1.29 is 24.0 Å². The smallest absolute Gasteiger partial charge is 0.248 e. The summed E-state index contributed by atoms with van der Waals surface area (Å²) in [6, 6.07) is 11.1. The fourth-order valence-electron chi connectivity index (χ4n) is 4.58. The van der Waals surface area contributed by atoms with E-state index in [-0.39, 0.29) is 38.2 Å². The van der Waals surface area contributed by atoms with E-state index in [1.807, 2.05) is 6.07 Å². The molecule has 0 saturated heterocycles. The molecule has 2 aromatic carbocycles. The van der Waals surface area contributed by atoms with Gasteiger partial charge in [0, 0.05) is 18.5 Å². The number of unbranched alkanes of at least 4 members (excludes halogenated alkanes) is 1. The average Bonchev–Trinajstić information content (AvgIpc) is 3.02. The van der Waals surface area contributed by atoms with Gasteiger partial charge in [0.1, 0.15) is 18.1 Å². The van der Waals surface area contributed by atoms with E-state index in [2.05, 4.69) is 20.9 Å². The lowest BCUT2D eigenvalue weighted by Gasteiger charge is -2.25. The van der Waals surface area contributed by atoms with Crippen LogP contribution in [-0.2, 0) is 32.0 Å². The number of nitrogens with zero attached hydrogens (tertiary/aromatic N) is 1. The molecule has 46 heavy (non-hydrogen) atoms. The van der Waals surface area contributed by atoms with Crippen LogP contribution in [0.4, 0.5) is 0 Å². The van der Waals surface area contributed by atoms with Crippen molar-refractivity contribution in [3.63, 3.8) is 0 Å². The molecule has 0 heterocycles. The van der Waals surface area contributed by atoms with Gasteiger partial charge >= 0.3 is 0 Å². The summed E-state index contributed by atoms with van der Waals surface area (Å²) in [6.07, 6.45) is 2.16. The highest BCUT2D eigenvalue weighted by atomic mass is 16.2. The molecule has 0 radical (unpaired) electrons. The van der Waals surface area contributed by atoms with Gasteiger partial charge in [-0.2, -0.15) is 0 Å². The Bertz CT molecular complexity index is 1330. The zero-order chi connectivity index (χ0) is 34.1. The average molecular weight is 639 g/mol. The molecule has 0 spiro atoms. The van der Waals surface area contributed by atoms with Crippen LogP contribution in [-0.4, -0.2) is 72.8 Å². The second-order valence-electron chi connectivity index (χ2n) is 10.9. The molecule has 5 amide bonds. The number of rotatable bonds is 20. The summed E-state index contributed by atoms with van der Waals surface area (Å²) in [5, 5.41) is 8.06. The van der Waals surface area contributed by atoms with Crippen LogP contribution in [0.5, 0.6) is 0 Å². The number of carbonyl (C=O) groups excluding carboxylic acids is 5. The van der Waals surface area contributed by atoms with Crippen molar-refractivity contribution in [2.24, 2.45) is 39.4 Å². The highest BCUT2D eigenvalue weighted by Crippen LogP contribution is 2.10. The number of hydrogen-bond donors (Lipinski definition) is 9. The summed E-state index contributed by atoms with van der Waals surface area (Å²) in [5.41, 5.74) is 35.1. The molecule has 0 aliphatic carbocycles. The Labute approximate surface area is 268 Å². The molecular formula is C31H46N10O5. The summed E-state index contributed by atoms with van der Waals surface area (Å²) in [5.74, 6) is -3.29. The van der Waals surface area contributed by atoms with Crippen molar-refractivity contribution >= 4 is 35.5 Å². The van der Waals surface area contributed by atoms with Crippen molar-refractivity contribution in [3.05, 3.63) is 71.3 Å². The molecule has 250 valence electrons. The molecule has 0 aliphatic heterocycles. The van der Waals surface area contributed by atoms with E-state index in [1.54, 1.807) is 36.4 Å². The summed E-state index contributed by atoms with van der Waals surface area (Å²) in [4.78, 5) is 67.6. The number of aliphatic imine (C=N–C) groups is 1. The Hall–Kier alpha value is -5.02. The Balaban J connectivity index is 2.23. The molecule has 15 nitrogen and oxygen atoms in total. The maximum atomic E-state index is 13.6. The van der Waals surface area contributed by atoms with Gasteiger partial charge in [0.15, 0.2) is 5.96 Å². The number of nitrogens with one attached hydrogen (secondary N) is 3. The first kappa shape index (κ1) is 37.2. The predicted octanol–water partition coefficient (Wildman–Crippen LogP) is -1.98. The van der Waals surface area contributed by atoms with E-state index in [0.717, 1.165) is 5.56 Å². The minimum Gasteiger partial charge on any atom is -0.370 e. The zero-order valence-corrected chi connectivity index (χ0v) is 25.8. The zero-order valence-electron chi connectivity index (χ0n) is 25.8. The molecule has 0 bridgehead atoms. The van der Waals surface area contributed by atoms with Crippen molar-refractivity contribution in [3.8, 4) is 0 Å². The summed E-state index contributed by atoms with van der Waals surface area (Å²) in [6.45, 7) is 0.616. The van der Waals surface area contributed by atoms with E-state index >= 15 is 0 Å². The molecule has 0 unspecified atom stereocenters. The maximum absolute atomic E-state index is 13.6. The van der Waals surface area contributed by atoms with Crippen molar-refractivity contribution in [1.29, 1.82) is 0 Å². The van der Waals surface area contributed by atoms with Gasteiger partial charge in [-0.05, 0) is 68.3 Å². The second kappa shape index (κ2) is 19.4. The number of carbonyl (C=O) groups is 5. The minimum atomic E-state index is -1.11. The van der Waals surface area contributed by atoms with Crippen LogP contribution in [0.1, 0.15) is 53.6 Å². The summed E-state index contributed by atoms with van der Waals surface area (Å²) < 4.78 is 0. The highest BCUT2D eigenvalue weighted by Gasteiger charge is 2.30. The van der Waals surface area contributed by atoms with Crippen LogP contribution in [0.15, 0.2) is 59.6 Å². The molecule has 0 saturated carbocycles. The van der Waals surface area contributed by atoms with E-state index < -0.39 is 53.7 Å². The number of nitrogens with two attached hydrogens (primary N) is 6. The Kier molecular flexibility index (Phi) is 15.7. The fraction of sp³-hybridized carbons (Fsp3) is 0.419. The van der Waals surface area contributed by atoms with E-state index in [0.29, 0.717) is 36.9 Å². The third-order valence-electron chi connectivity index (χ3n) is 7.13. The van der Waals surface area contributed by atoms with Gasteiger partial charge in [-0.15, -0.1) is 0 Å². The van der Waals surface area contributed by atoms with Gasteiger partial charge in [-0.1, -0.05) is 42.5 Å². The van der Waals surface area contributed by atoms with Gasteiger partial charge in [-0.25, -0.2) is 0 Å². The largest absolute Gasteiger partial charge is 0.370 e. The first-order valence-electron chi connectivity index (χ1n) is 15.0. The van der Waals surface area contributed by atoms with Crippen LogP contribution in [0, 0.1) is 0 Å². The van der Waals surface area contributed by atoms with Gasteiger partial charge < -0.3 is 50.4 Å². The molecule has 15 heteroatoms. The topological polar surface area (TPSA) is 290 Å². The van der Waals surface area contributed by atoms with Crippen molar-refractivity contribution in [2.45, 2.75) is 69.1 Å². The van der Waals surface area contributed by atoms with E-state index in [1.165, 1.54) is 12.1 Å². The van der Waals surface area contributed by atoms with Crippen molar-refractivity contribution in [1.82, 2.24) is 16.0 Å². The number of hydrogen-bond acceptors (Lipinski definition) is 8. The Morgan fingerprint density at radius 2 is 1.22 bits per heavy atom. The van der Waals surface area contributed by atoms with Crippen LogP contribution in [0.25, 0.3) is 0 Å². The lowest BCUT2D eigenvalue weighted by Crippen LogP contribution is -2.58. The van der Waals surface area contributed by atoms with E-state index in [4.69, 9.17) is 34.4 Å². The number of primary amides is 2. The number of amides is 5. The third kappa shape index (κ3) is 13.3. The first-order chi connectivity index (χ1) is 21.9. The lowest BCUT2D eigenvalue weighted by molar-refractivity contribution is -0.133. The standard InChI is InChI=1S/C31H46N10O5/c32-15-5-4-9-23(27(35)43)39-30(46)25(18-19-7-2-1-3-8-19)41-29(45)24(10-6-16-38-31(36)37)40-28(44)22(33)17-20-11-13-21(14-12-20)26(34)42/h1-3,7-8,11-14,22-25H,4-6,9-10,15-18,32-33H2,(H2,34,42)(H2,35,43)(H,39,46)(H,40,44)(H,41,45)(H4,36,37,38)/t22-,23-,24-,25-/m0/s1. The molecule has 0 aliphatic rings. The van der Waals surface area contributed by atoms with Crippen LogP contribution in [0.3, 0.4) is 0 Å². The van der Waals surface area contributed by atoms with Crippen LogP contribution >= 0.6 is 0 Å². The number of guanidine groups is 1. The molecular weight excluding hydrogens is 592 g/mol. The SMILES string of the molecule is NCCCC[C@H](NC(=O)[C@H](Cc1ccccc1)NC(=O)[C@H](CCCN=C(N)N)NC(=O)[C@@H](N)Cc1ccc(C(N)=O)cc1)C(N)=O. The molecule has 0 fully saturated rings. The van der Waals surface area contributed by atoms with Crippen molar-refractivity contribution in [2.75, 3.05) is 13.1 Å². The Morgan fingerprint density at radius 1 is 0.652 bits per heavy atom. The van der Waals surface area contributed by atoms with E-state index in [9.17, 15) is 24.0 Å². The monoisotopic (exact) mass is 638 g/mol. The highest BCUT2D eigenvalue weighted by molar-refractivity contribution is 5.95. The molecule has 0 aromatic heterocycles.